The van der Waals surface area contributed by atoms with Crippen molar-refractivity contribution < 1.29 is 9.53 Å². The molecule has 1 saturated heterocycles. The summed E-state index contributed by atoms with van der Waals surface area (Å²) in [5, 5.41) is 3.26. The van der Waals surface area contributed by atoms with Crippen molar-refractivity contribution in [3.05, 3.63) is 29.8 Å². The van der Waals surface area contributed by atoms with Gasteiger partial charge in [-0.05, 0) is 50.6 Å². The quantitative estimate of drug-likeness (QED) is 0.817. The third kappa shape index (κ3) is 5.18. The van der Waals surface area contributed by atoms with Gasteiger partial charge in [-0.2, -0.15) is 0 Å². The predicted molar refractivity (Wildman–Crippen MR) is 92.1 cm³/mol. The second-order valence-corrected chi connectivity index (χ2v) is 5.61. The number of hydrogen-bond donors (Lipinski definition) is 1. The number of carbonyl (C=O) groups excluding carboxylic acids is 1. The Morgan fingerprint density at radius 2 is 2.09 bits per heavy atom. The smallest absolute Gasteiger partial charge is 0.253 e. The zero-order chi connectivity index (χ0) is 15.1. The van der Waals surface area contributed by atoms with Gasteiger partial charge in [-0.15, -0.1) is 12.4 Å². The highest BCUT2D eigenvalue weighted by Crippen LogP contribution is 2.17. The summed E-state index contributed by atoms with van der Waals surface area (Å²) < 4.78 is 5.63. The Morgan fingerprint density at radius 3 is 2.73 bits per heavy atom. The molecule has 124 valence electrons. The number of ether oxygens (including phenoxy) is 1. The molecule has 0 radical (unpaired) electrons. The molecule has 5 heteroatoms. The van der Waals surface area contributed by atoms with E-state index in [1.165, 1.54) is 0 Å². The van der Waals surface area contributed by atoms with Crippen LogP contribution in [0.4, 0.5) is 0 Å². The molecule has 0 aliphatic carbocycles. The first-order valence-corrected chi connectivity index (χ1v) is 7.94. The summed E-state index contributed by atoms with van der Waals surface area (Å²) >= 11 is 0. The van der Waals surface area contributed by atoms with Gasteiger partial charge < -0.3 is 15.0 Å². The molecule has 1 atom stereocenters. The van der Waals surface area contributed by atoms with Crippen molar-refractivity contribution >= 4 is 18.3 Å². The molecule has 1 heterocycles. The number of nitrogens with one attached hydrogen (secondary N) is 1. The first-order valence-electron chi connectivity index (χ1n) is 7.94. The maximum atomic E-state index is 12.5. The van der Waals surface area contributed by atoms with E-state index in [4.69, 9.17) is 4.74 Å². The highest BCUT2D eigenvalue weighted by molar-refractivity contribution is 5.94. The molecule has 0 bridgehead atoms. The number of likely N-dealkylation sites (N-methyl/N-ethyl adjacent to an activating group) is 1. The van der Waals surface area contributed by atoms with Crippen LogP contribution < -0.4 is 10.1 Å². The zero-order valence-electron chi connectivity index (χ0n) is 13.5. The van der Waals surface area contributed by atoms with Gasteiger partial charge in [-0.3, -0.25) is 4.79 Å². The van der Waals surface area contributed by atoms with Gasteiger partial charge >= 0.3 is 0 Å². The van der Waals surface area contributed by atoms with Crippen molar-refractivity contribution in [1.29, 1.82) is 0 Å². The van der Waals surface area contributed by atoms with E-state index >= 15 is 0 Å². The monoisotopic (exact) mass is 326 g/mol. The topological polar surface area (TPSA) is 41.6 Å². The second kappa shape index (κ2) is 9.70. The van der Waals surface area contributed by atoms with Gasteiger partial charge in [-0.25, -0.2) is 0 Å². The lowest BCUT2D eigenvalue weighted by Crippen LogP contribution is -2.46. The molecule has 1 aliphatic heterocycles. The normalized spacial score (nSPS) is 17.7. The maximum Gasteiger partial charge on any atom is 0.253 e. The van der Waals surface area contributed by atoms with Crippen LogP contribution in [0.2, 0.25) is 0 Å². The lowest BCUT2D eigenvalue weighted by Gasteiger charge is -2.32. The van der Waals surface area contributed by atoms with E-state index in [0.29, 0.717) is 6.04 Å². The second-order valence-electron chi connectivity index (χ2n) is 5.61. The molecule has 2 rings (SSSR count). The number of halogens is 1. The van der Waals surface area contributed by atoms with Gasteiger partial charge in [0.2, 0.25) is 0 Å². The summed E-state index contributed by atoms with van der Waals surface area (Å²) in [6.45, 7) is 4.53. The van der Waals surface area contributed by atoms with Crippen LogP contribution in [-0.4, -0.2) is 43.6 Å². The summed E-state index contributed by atoms with van der Waals surface area (Å²) in [6.07, 6.45) is 4.39. The zero-order valence-corrected chi connectivity index (χ0v) is 14.3. The number of unbranched alkanes of at least 4 members (excludes halogenated alkanes) is 1. The van der Waals surface area contributed by atoms with Crippen molar-refractivity contribution in [1.82, 2.24) is 10.2 Å². The summed E-state index contributed by atoms with van der Waals surface area (Å²) in [5.41, 5.74) is 0.745. The lowest BCUT2D eigenvalue weighted by atomic mass is 10.0. The SMILES string of the molecule is CCCCOc1ccc(C(=O)N2CCCC(NC)C2)cc1.Cl. The van der Waals surface area contributed by atoms with E-state index in [9.17, 15) is 4.79 Å². The molecule has 1 aliphatic rings. The fraction of sp³-hybridized carbons (Fsp3) is 0.588. The Labute approximate surface area is 139 Å². The van der Waals surface area contributed by atoms with Crippen LogP contribution in [0.5, 0.6) is 5.75 Å². The maximum absolute atomic E-state index is 12.5. The Hall–Kier alpha value is -1.26. The molecule has 0 aromatic heterocycles. The number of hydrogen-bond acceptors (Lipinski definition) is 3. The van der Waals surface area contributed by atoms with E-state index in [1.54, 1.807) is 0 Å². The molecule has 0 saturated carbocycles. The van der Waals surface area contributed by atoms with E-state index in [0.717, 1.165) is 56.7 Å². The number of nitrogens with zero attached hydrogens (tertiary/aromatic N) is 1. The minimum atomic E-state index is 0. The number of piperidine rings is 1. The minimum absolute atomic E-state index is 0. The standard InChI is InChI=1S/C17H26N2O2.ClH/c1-3-4-12-21-16-9-7-14(8-10-16)17(20)19-11-5-6-15(13-19)18-2;/h7-10,15,18H,3-6,11-13H2,1-2H3;1H. The summed E-state index contributed by atoms with van der Waals surface area (Å²) in [7, 11) is 1.96. The third-order valence-corrected chi connectivity index (χ3v) is 3.98. The molecule has 1 aromatic rings. The van der Waals surface area contributed by atoms with Crippen LogP contribution in [-0.2, 0) is 0 Å². The Kier molecular flexibility index (Phi) is 8.28. The number of likely N-dealkylation sites (tertiary alicyclic amines) is 1. The van der Waals surface area contributed by atoms with E-state index in [1.807, 2.05) is 36.2 Å². The first-order chi connectivity index (χ1) is 10.2. The summed E-state index contributed by atoms with van der Waals surface area (Å²) in [5.74, 6) is 0.960. The number of carbonyl (C=O) groups is 1. The highest BCUT2D eigenvalue weighted by atomic mass is 35.5. The fourth-order valence-corrected chi connectivity index (χ4v) is 2.61. The van der Waals surface area contributed by atoms with Gasteiger partial charge in [-0.1, -0.05) is 13.3 Å². The summed E-state index contributed by atoms with van der Waals surface area (Å²) in [4.78, 5) is 14.4. The predicted octanol–water partition coefficient (Wildman–Crippen LogP) is 3.11. The molecule has 1 unspecified atom stereocenters. The summed E-state index contributed by atoms with van der Waals surface area (Å²) in [6, 6.07) is 7.93. The molecule has 1 aromatic carbocycles. The van der Waals surface area contributed by atoms with Gasteiger partial charge in [0, 0.05) is 24.7 Å². The van der Waals surface area contributed by atoms with E-state index in [-0.39, 0.29) is 18.3 Å². The molecule has 1 fully saturated rings. The van der Waals surface area contributed by atoms with Crippen molar-refractivity contribution in [2.75, 3.05) is 26.7 Å². The highest BCUT2D eigenvalue weighted by Gasteiger charge is 2.23. The Morgan fingerprint density at radius 1 is 1.36 bits per heavy atom. The van der Waals surface area contributed by atoms with Crippen LogP contribution in [0.3, 0.4) is 0 Å². The van der Waals surface area contributed by atoms with Crippen LogP contribution in [0.25, 0.3) is 0 Å². The molecular formula is C17H27ClN2O2. The average molecular weight is 327 g/mol. The molecule has 4 nitrogen and oxygen atoms in total. The molecule has 0 spiro atoms. The van der Waals surface area contributed by atoms with Crippen LogP contribution in [0, 0.1) is 0 Å². The van der Waals surface area contributed by atoms with E-state index in [2.05, 4.69) is 12.2 Å². The van der Waals surface area contributed by atoms with Crippen LogP contribution in [0.15, 0.2) is 24.3 Å². The third-order valence-electron chi connectivity index (χ3n) is 3.98. The van der Waals surface area contributed by atoms with Crippen molar-refractivity contribution in [3.8, 4) is 5.75 Å². The van der Waals surface area contributed by atoms with E-state index < -0.39 is 0 Å². The minimum Gasteiger partial charge on any atom is -0.494 e. The average Bonchev–Trinajstić information content (AvgIpc) is 2.55. The largest absolute Gasteiger partial charge is 0.494 e. The number of amides is 1. The lowest BCUT2D eigenvalue weighted by molar-refractivity contribution is 0.0698. The molecule has 1 N–H and O–H groups in total. The first kappa shape index (κ1) is 18.8. The van der Waals surface area contributed by atoms with Gasteiger partial charge in [0.1, 0.15) is 5.75 Å². The van der Waals surface area contributed by atoms with Gasteiger partial charge in [0.25, 0.3) is 5.91 Å². The van der Waals surface area contributed by atoms with Crippen LogP contribution in [0.1, 0.15) is 43.0 Å². The molecule has 22 heavy (non-hydrogen) atoms. The van der Waals surface area contributed by atoms with Gasteiger partial charge in [0.05, 0.1) is 6.61 Å². The number of benzene rings is 1. The van der Waals surface area contributed by atoms with Gasteiger partial charge in [0.15, 0.2) is 0 Å². The van der Waals surface area contributed by atoms with Crippen molar-refractivity contribution in [3.63, 3.8) is 0 Å². The van der Waals surface area contributed by atoms with Crippen molar-refractivity contribution in [2.24, 2.45) is 0 Å². The van der Waals surface area contributed by atoms with Crippen molar-refractivity contribution in [2.45, 2.75) is 38.6 Å². The molecule has 1 amide bonds. The van der Waals surface area contributed by atoms with Crippen LogP contribution >= 0.6 is 12.4 Å². The number of rotatable bonds is 6. The molecular weight excluding hydrogens is 300 g/mol. The Bertz CT molecular complexity index is 450. The Balaban J connectivity index is 0.00000242. The fourth-order valence-electron chi connectivity index (χ4n) is 2.61.